The quantitative estimate of drug-likeness (QED) is 0.297. The van der Waals surface area contributed by atoms with E-state index in [1.165, 1.54) is 35.6 Å². The molecule has 1 atom stereocenters. The van der Waals surface area contributed by atoms with Gasteiger partial charge in [0.25, 0.3) is 0 Å². The van der Waals surface area contributed by atoms with Gasteiger partial charge >= 0.3 is 21.7 Å². The van der Waals surface area contributed by atoms with Crippen LogP contribution in [0.1, 0.15) is 67.9 Å². The smallest absolute Gasteiger partial charge is 1.00 e. The minimum Gasteiger partial charge on any atom is -1.00 e. The predicted octanol–water partition coefficient (Wildman–Crippen LogP) is -2.42. The summed E-state index contributed by atoms with van der Waals surface area (Å²) in [6.07, 6.45) is 9.88. The Morgan fingerprint density at radius 2 is 1.34 bits per heavy atom. The molecule has 0 aliphatic heterocycles. The standard InChI is InChI=1S/C24H37Si.3ClH.Ti/c1-10-11-15-25(9,23-14-12-13-22(23)16(2)3)24-20(7)18(5)17(4)19(6)21(24)8;;;;/h13,16H,10-12,15H2,1-9H3;3*1H;/q-1;;;;+4/p-3. The van der Waals surface area contributed by atoms with Crippen LogP contribution in [-0.4, -0.2) is 8.07 Å². The fraction of sp³-hybridized carbons (Fsp3) is 0.583. The van der Waals surface area contributed by atoms with Gasteiger partial charge in [-0.2, -0.15) is 11.6 Å². The summed E-state index contributed by atoms with van der Waals surface area (Å²) < 4.78 is 0. The Hall–Kier alpha value is 0.501. The molecule has 0 nitrogen and oxygen atoms in total. The Balaban J connectivity index is -0.00000169. The minimum absolute atomic E-state index is 0. The van der Waals surface area contributed by atoms with Crippen LogP contribution in [0.25, 0.3) is 0 Å². The third-order valence-corrected chi connectivity index (χ3v) is 11.4. The number of hydrogen-bond donors (Lipinski definition) is 0. The van der Waals surface area contributed by atoms with Crippen LogP contribution in [0.15, 0.2) is 16.8 Å². The van der Waals surface area contributed by atoms with Crippen molar-refractivity contribution in [3.05, 3.63) is 50.7 Å². The van der Waals surface area contributed by atoms with E-state index in [0.29, 0.717) is 5.92 Å². The topological polar surface area (TPSA) is 0 Å². The molecule has 162 valence electrons. The zero-order valence-electron chi connectivity index (χ0n) is 19.6. The van der Waals surface area contributed by atoms with Crippen molar-refractivity contribution in [2.75, 3.05) is 0 Å². The van der Waals surface area contributed by atoms with E-state index >= 15 is 0 Å². The third kappa shape index (κ3) is 6.50. The molecule has 0 saturated heterocycles. The summed E-state index contributed by atoms with van der Waals surface area (Å²) in [5.74, 6) is 0.603. The van der Waals surface area contributed by atoms with Crippen LogP contribution < -0.4 is 42.4 Å². The van der Waals surface area contributed by atoms with Gasteiger partial charge in [-0.25, -0.2) is 5.20 Å². The average molecular weight is 508 g/mol. The summed E-state index contributed by atoms with van der Waals surface area (Å²) in [5, 5.41) is 3.32. The molecule has 0 saturated carbocycles. The minimum atomic E-state index is -1.78. The molecule has 0 radical (unpaired) electrons. The van der Waals surface area contributed by atoms with Gasteiger partial charge in [0.15, 0.2) is 0 Å². The largest absolute Gasteiger partial charge is 4.00 e. The number of hydrogen-bond acceptors (Lipinski definition) is 0. The van der Waals surface area contributed by atoms with E-state index in [1.54, 1.807) is 27.1 Å². The Morgan fingerprint density at radius 3 is 1.76 bits per heavy atom. The fourth-order valence-corrected chi connectivity index (χ4v) is 10.1. The van der Waals surface area contributed by atoms with E-state index in [0.717, 1.165) is 6.42 Å². The summed E-state index contributed by atoms with van der Waals surface area (Å²) in [6.45, 7) is 21.3. The van der Waals surface area contributed by atoms with Gasteiger partial charge in [0, 0.05) is 0 Å². The van der Waals surface area contributed by atoms with Crippen LogP contribution in [0.5, 0.6) is 0 Å². The molecule has 5 heteroatoms. The van der Waals surface area contributed by atoms with Crippen molar-refractivity contribution in [1.82, 2.24) is 0 Å². The summed E-state index contributed by atoms with van der Waals surface area (Å²) in [7, 11) is -1.78. The van der Waals surface area contributed by atoms with Crippen molar-refractivity contribution in [3.63, 3.8) is 0 Å². The van der Waals surface area contributed by atoms with Crippen LogP contribution in [0, 0.1) is 46.6 Å². The van der Waals surface area contributed by atoms with Crippen molar-refractivity contribution in [2.24, 2.45) is 5.92 Å². The van der Waals surface area contributed by atoms with Crippen LogP contribution in [0.3, 0.4) is 0 Å². The van der Waals surface area contributed by atoms with Gasteiger partial charge in [-0.15, -0.1) is 6.42 Å². The Labute approximate surface area is 214 Å². The molecule has 0 fully saturated rings. The van der Waals surface area contributed by atoms with Crippen molar-refractivity contribution in [2.45, 2.75) is 87.2 Å². The summed E-state index contributed by atoms with van der Waals surface area (Å²) in [6, 6.07) is 1.35. The molecule has 1 aliphatic carbocycles. The maximum absolute atomic E-state index is 3.83. The average Bonchev–Trinajstić information content (AvgIpc) is 3.07. The maximum atomic E-state index is 3.83. The first-order valence-electron chi connectivity index (χ1n) is 10.1. The SMILES string of the molecule is CCCC[Si](C)(C1=[C-]CC=C1C(C)C)c1c(C)c(C)c(C)c(C)c1C.[Cl-].[Cl-].[Cl-].[Ti+4]. The van der Waals surface area contributed by atoms with Gasteiger partial charge in [0.1, 0.15) is 0 Å². The second-order valence-corrected chi connectivity index (χ2v) is 12.7. The number of unbranched alkanes of at least 4 members (excludes halogenated alkanes) is 1. The molecule has 0 bridgehead atoms. The number of allylic oxidation sites excluding steroid dienone is 4. The molecule has 29 heavy (non-hydrogen) atoms. The van der Waals surface area contributed by atoms with E-state index in [9.17, 15) is 0 Å². The summed E-state index contributed by atoms with van der Waals surface area (Å²) in [5.41, 5.74) is 9.17. The van der Waals surface area contributed by atoms with Gasteiger partial charge in [-0.1, -0.05) is 57.3 Å². The number of rotatable bonds is 6. The zero-order valence-corrected chi connectivity index (χ0v) is 24.4. The molecule has 1 aromatic rings. The molecule has 0 heterocycles. The Kier molecular flexibility index (Phi) is 16.3. The monoisotopic (exact) mass is 506 g/mol. The zero-order chi connectivity index (χ0) is 18.9. The van der Waals surface area contributed by atoms with Gasteiger partial charge in [-0.05, 0) is 62.4 Å². The Morgan fingerprint density at radius 1 is 0.897 bits per heavy atom. The molecule has 0 spiro atoms. The molecular weight excluding hydrogens is 471 g/mol. The molecule has 1 aromatic carbocycles. The summed E-state index contributed by atoms with van der Waals surface area (Å²) in [4.78, 5) is 0. The predicted molar refractivity (Wildman–Crippen MR) is 115 cm³/mol. The van der Waals surface area contributed by atoms with Crippen molar-refractivity contribution in [3.8, 4) is 0 Å². The van der Waals surface area contributed by atoms with Gasteiger partial charge in [-0.3, -0.25) is 6.08 Å². The fourth-order valence-electron chi connectivity index (χ4n) is 4.74. The van der Waals surface area contributed by atoms with Crippen LogP contribution >= 0.6 is 0 Å². The first-order chi connectivity index (χ1) is 11.7. The van der Waals surface area contributed by atoms with E-state index in [-0.39, 0.29) is 58.9 Å². The second kappa shape index (κ2) is 13.8. The second-order valence-electron chi connectivity index (χ2n) is 8.51. The molecule has 2 rings (SSSR count). The normalized spacial score (nSPS) is 14.6. The van der Waals surface area contributed by atoms with Crippen LogP contribution in [0.2, 0.25) is 12.6 Å². The first-order valence-corrected chi connectivity index (χ1v) is 12.8. The molecule has 1 aliphatic rings. The number of benzene rings is 1. The van der Waals surface area contributed by atoms with Gasteiger partial charge < -0.3 is 37.2 Å². The van der Waals surface area contributed by atoms with Gasteiger partial charge in [0.2, 0.25) is 0 Å². The van der Waals surface area contributed by atoms with E-state index < -0.39 is 8.07 Å². The van der Waals surface area contributed by atoms with E-state index in [1.807, 2.05) is 0 Å². The van der Waals surface area contributed by atoms with Gasteiger partial charge in [0.05, 0.1) is 8.07 Å². The number of halogens is 3. The van der Waals surface area contributed by atoms with E-state index in [2.05, 4.69) is 74.1 Å². The van der Waals surface area contributed by atoms with Crippen molar-refractivity contribution >= 4 is 13.3 Å². The Bertz CT molecular complexity index is 709. The first kappa shape index (κ1) is 34.1. The van der Waals surface area contributed by atoms with Crippen molar-refractivity contribution < 1.29 is 58.9 Å². The van der Waals surface area contributed by atoms with E-state index in [4.69, 9.17) is 0 Å². The molecule has 0 aromatic heterocycles. The third-order valence-electron chi connectivity index (χ3n) is 6.65. The summed E-state index contributed by atoms with van der Waals surface area (Å²) >= 11 is 0. The molecular formula is C24H37Cl3SiTi. The molecule has 0 N–H and O–H groups in total. The maximum Gasteiger partial charge on any atom is 4.00 e. The van der Waals surface area contributed by atoms with Crippen molar-refractivity contribution in [1.29, 1.82) is 0 Å². The van der Waals surface area contributed by atoms with Crippen LogP contribution in [0.4, 0.5) is 0 Å². The molecule has 1 unspecified atom stereocenters. The molecule has 0 amide bonds. The van der Waals surface area contributed by atoms with Crippen LogP contribution in [-0.2, 0) is 21.7 Å².